The molecule has 142 valence electrons. The van der Waals surface area contributed by atoms with Crippen LogP contribution in [0.4, 0.5) is 17.1 Å². The van der Waals surface area contributed by atoms with Crippen molar-refractivity contribution in [2.75, 3.05) is 22.1 Å². The van der Waals surface area contributed by atoms with Crippen LogP contribution < -0.4 is 15.5 Å². The second kappa shape index (κ2) is 9.52. The SMILES string of the molecule is CCc1ccccc1N(CCC(=O)Nc1cccc(NC(C)=O)c1)C(C)=O. The quantitative estimate of drug-likeness (QED) is 0.785. The molecule has 2 rings (SSSR count). The Morgan fingerprint density at radius 1 is 0.926 bits per heavy atom. The average Bonchev–Trinajstić information content (AvgIpc) is 2.61. The summed E-state index contributed by atoms with van der Waals surface area (Å²) in [7, 11) is 0. The van der Waals surface area contributed by atoms with Crippen LogP contribution in [-0.2, 0) is 20.8 Å². The first kappa shape index (κ1) is 20.2. The Hall–Kier alpha value is -3.15. The lowest BCUT2D eigenvalue weighted by molar-refractivity contribution is -0.117. The molecule has 0 aliphatic heterocycles. The Bertz CT molecular complexity index is 833. The second-order valence-corrected chi connectivity index (χ2v) is 6.21. The first-order valence-corrected chi connectivity index (χ1v) is 8.94. The number of nitrogens with one attached hydrogen (secondary N) is 2. The Kier molecular flexibility index (Phi) is 7.11. The van der Waals surface area contributed by atoms with E-state index in [4.69, 9.17) is 0 Å². The molecule has 0 saturated carbocycles. The number of carbonyl (C=O) groups excluding carboxylic acids is 3. The lowest BCUT2D eigenvalue weighted by atomic mass is 10.1. The number of aryl methyl sites for hydroxylation is 1. The Balaban J connectivity index is 2.02. The van der Waals surface area contributed by atoms with Crippen LogP contribution in [0.2, 0.25) is 0 Å². The average molecular weight is 367 g/mol. The summed E-state index contributed by atoms with van der Waals surface area (Å²) in [5.74, 6) is -0.475. The first-order chi connectivity index (χ1) is 12.9. The van der Waals surface area contributed by atoms with Gasteiger partial charge < -0.3 is 15.5 Å². The zero-order valence-corrected chi connectivity index (χ0v) is 15.9. The minimum atomic E-state index is -0.199. The largest absolute Gasteiger partial charge is 0.326 e. The third-order valence-corrected chi connectivity index (χ3v) is 4.07. The van der Waals surface area contributed by atoms with Gasteiger partial charge in [0.05, 0.1) is 0 Å². The molecule has 0 bridgehead atoms. The molecule has 27 heavy (non-hydrogen) atoms. The molecule has 0 atom stereocenters. The summed E-state index contributed by atoms with van der Waals surface area (Å²) < 4.78 is 0. The van der Waals surface area contributed by atoms with Crippen LogP contribution in [0.3, 0.4) is 0 Å². The van der Waals surface area contributed by atoms with Gasteiger partial charge in [0.1, 0.15) is 0 Å². The van der Waals surface area contributed by atoms with E-state index in [0.717, 1.165) is 17.7 Å². The molecule has 2 aromatic rings. The number of amides is 3. The fraction of sp³-hybridized carbons (Fsp3) is 0.286. The number of nitrogens with zero attached hydrogens (tertiary/aromatic N) is 1. The Labute approximate surface area is 159 Å². The lowest BCUT2D eigenvalue weighted by Crippen LogP contribution is -2.32. The molecule has 2 N–H and O–H groups in total. The summed E-state index contributed by atoms with van der Waals surface area (Å²) >= 11 is 0. The van der Waals surface area contributed by atoms with Crippen molar-refractivity contribution in [3.8, 4) is 0 Å². The highest BCUT2D eigenvalue weighted by atomic mass is 16.2. The molecule has 0 heterocycles. The summed E-state index contributed by atoms with van der Waals surface area (Å²) in [5, 5.41) is 5.48. The second-order valence-electron chi connectivity index (χ2n) is 6.21. The van der Waals surface area contributed by atoms with Crippen molar-refractivity contribution in [1.82, 2.24) is 0 Å². The molecule has 0 aliphatic rings. The van der Waals surface area contributed by atoms with Gasteiger partial charge in [-0.05, 0) is 36.2 Å². The van der Waals surface area contributed by atoms with E-state index in [-0.39, 0.29) is 24.1 Å². The maximum Gasteiger partial charge on any atom is 0.226 e. The van der Waals surface area contributed by atoms with Crippen molar-refractivity contribution in [2.24, 2.45) is 0 Å². The van der Waals surface area contributed by atoms with Gasteiger partial charge >= 0.3 is 0 Å². The van der Waals surface area contributed by atoms with Crippen LogP contribution in [0, 0.1) is 0 Å². The summed E-state index contributed by atoms with van der Waals surface area (Å²) in [5.41, 5.74) is 3.11. The van der Waals surface area contributed by atoms with Crippen molar-refractivity contribution in [3.63, 3.8) is 0 Å². The summed E-state index contributed by atoms with van der Waals surface area (Å²) in [6.45, 7) is 5.26. The smallest absolute Gasteiger partial charge is 0.226 e. The number of para-hydroxylation sites is 1. The lowest BCUT2D eigenvalue weighted by Gasteiger charge is -2.23. The molecule has 0 fully saturated rings. The number of anilines is 3. The van der Waals surface area contributed by atoms with Gasteiger partial charge in [-0.1, -0.05) is 31.2 Å². The van der Waals surface area contributed by atoms with Crippen LogP contribution in [0.15, 0.2) is 48.5 Å². The zero-order valence-electron chi connectivity index (χ0n) is 15.9. The van der Waals surface area contributed by atoms with E-state index in [1.165, 1.54) is 13.8 Å². The van der Waals surface area contributed by atoms with Gasteiger partial charge in [0, 0.05) is 43.9 Å². The highest BCUT2D eigenvalue weighted by Gasteiger charge is 2.16. The molecule has 0 saturated heterocycles. The van der Waals surface area contributed by atoms with Gasteiger partial charge in [-0.3, -0.25) is 14.4 Å². The van der Waals surface area contributed by atoms with Crippen molar-refractivity contribution in [1.29, 1.82) is 0 Å². The molecular formula is C21H25N3O3. The van der Waals surface area contributed by atoms with E-state index in [2.05, 4.69) is 10.6 Å². The predicted molar refractivity (Wildman–Crippen MR) is 108 cm³/mol. The molecule has 0 aliphatic carbocycles. The van der Waals surface area contributed by atoms with Gasteiger partial charge in [0.25, 0.3) is 0 Å². The molecule has 0 unspecified atom stereocenters. The maximum absolute atomic E-state index is 12.3. The number of rotatable bonds is 7. The number of carbonyl (C=O) groups is 3. The van der Waals surface area contributed by atoms with Gasteiger partial charge in [-0.25, -0.2) is 0 Å². The standard InChI is InChI=1S/C21H25N3O3/c1-4-17-8-5-6-11-20(17)24(16(3)26)13-12-21(27)23-19-10-7-9-18(14-19)22-15(2)25/h5-11,14H,4,12-13H2,1-3H3,(H,22,25)(H,23,27). The van der Waals surface area contributed by atoms with Crippen LogP contribution in [0.5, 0.6) is 0 Å². The number of benzene rings is 2. The van der Waals surface area contributed by atoms with Crippen LogP contribution in [0.1, 0.15) is 32.8 Å². The normalized spacial score (nSPS) is 10.2. The van der Waals surface area contributed by atoms with E-state index in [1.807, 2.05) is 31.2 Å². The van der Waals surface area contributed by atoms with E-state index >= 15 is 0 Å². The van der Waals surface area contributed by atoms with Crippen molar-refractivity contribution < 1.29 is 14.4 Å². The molecule has 6 heteroatoms. The Morgan fingerprint density at radius 2 is 1.59 bits per heavy atom. The van der Waals surface area contributed by atoms with Gasteiger partial charge in [-0.15, -0.1) is 0 Å². The summed E-state index contributed by atoms with van der Waals surface area (Å²) in [4.78, 5) is 37.2. The monoisotopic (exact) mass is 367 g/mol. The van der Waals surface area contributed by atoms with E-state index in [0.29, 0.717) is 17.9 Å². The third kappa shape index (κ3) is 5.95. The summed E-state index contributed by atoms with van der Waals surface area (Å²) in [6.07, 6.45) is 0.976. The maximum atomic E-state index is 12.3. The van der Waals surface area contributed by atoms with Crippen LogP contribution >= 0.6 is 0 Å². The highest BCUT2D eigenvalue weighted by Crippen LogP contribution is 2.22. The minimum absolute atomic E-state index is 0.101. The predicted octanol–water partition coefficient (Wildman–Crippen LogP) is 3.59. The molecule has 0 spiro atoms. The molecular weight excluding hydrogens is 342 g/mol. The highest BCUT2D eigenvalue weighted by molar-refractivity contribution is 5.96. The topological polar surface area (TPSA) is 78.5 Å². The molecule has 0 aromatic heterocycles. The van der Waals surface area contributed by atoms with Gasteiger partial charge in [0.15, 0.2) is 0 Å². The van der Waals surface area contributed by atoms with Crippen LogP contribution in [0.25, 0.3) is 0 Å². The van der Waals surface area contributed by atoms with E-state index in [9.17, 15) is 14.4 Å². The molecule has 6 nitrogen and oxygen atoms in total. The summed E-state index contributed by atoms with van der Waals surface area (Å²) in [6, 6.07) is 14.6. The van der Waals surface area contributed by atoms with E-state index in [1.54, 1.807) is 29.2 Å². The Morgan fingerprint density at radius 3 is 2.22 bits per heavy atom. The molecule has 3 amide bonds. The zero-order chi connectivity index (χ0) is 19.8. The molecule has 0 radical (unpaired) electrons. The minimum Gasteiger partial charge on any atom is -0.326 e. The fourth-order valence-corrected chi connectivity index (χ4v) is 2.84. The van der Waals surface area contributed by atoms with Crippen molar-refractivity contribution in [3.05, 3.63) is 54.1 Å². The number of hydrogen-bond acceptors (Lipinski definition) is 3. The van der Waals surface area contributed by atoms with Crippen molar-refractivity contribution >= 4 is 34.8 Å². The van der Waals surface area contributed by atoms with Gasteiger partial charge in [0.2, 0.25) is 17.7 Å². The van der Waals surface area contributed by atoms with Gasteiger partial charge in [-0.2, -0.15) is 0 Å². The third-order valence-electron chi connectivity index (χ3n) is 4.07. The fourth-order valence-electron chi connectivity index (χ4n) is 2.84. The van der Waals surface area contributed by atoms with Crippen molar-refractivity contribution in [2.45, 2.75) is 33.6 Å². The first-order valence-electron chi connectivity index (χ1n) is 8.94. The molecule has 2 aromatic carbocycles. The number of hydrogen-bond donors (Lipinski definition) is 2. The van der Waals surface area contributed by atoms with Crippen LogP contribution in [-0.4, -0.2) is 24.3 Å². The van der Waals surface area contributed by atoms with E-state index < -0.39 is 0 Å².